The minimum Gasteiger partial charge on any atom is -0.490 e. The maximum atomic E-state index is 12.1. The standard InChI is InChI=1S/C22H29NO3/c1-3-18(19-11-6-5-7-12-19)17-23-22(24)15-10-16-26-21-14-9-8-13-20(21)25-4-2/h5-9,11-14,18H,3-4,10,15-17H2,1-2H3,(H,23,24). The Labute approximate surface area is 156 Å². The van der Waals surface area contributed by atoms with Crippen LogP contribution in [0.15, 0.2) is 54.6 Å². The molecule has 0 heterocycles. The van der Waals surface area contributed by atoms with E-state index in [9.17, 15) is 4.79 Å². The second-order valence-electron chi connectivity index (χ2n) is 6.15. The lowest BCUT2D eigenvalue weighted by atomic mass is 9.96. The van der Waals surface area contributed by atoms with Gasteiger partial charge < -0.3 is 14.8 Å². The number of nitrogens with one attached hydrogen (secondary N) is 1. The number of carbonyl (C=O) groups excluding carboxylic acids is 1. The lowest BCUT2D eigenvalue weighted by Crippen LogP contribution is -2.28. The van der Waals surface area contributed by atoms with Crippen LogP contribution in [0.1, 0.15) is 44.6 Å². The van der Waals surface area contributed by atoms with Gasteiger partial charge >= 0.3 is 0 Å². The van der Waals surface area contributed by atoms with Crippen molar-refractivity contribution in [3.05, 3.63) is 60.2 Å². The molecule has 4 nitrogen and oxygen atoms in total. The molecule has 2 aromatic carbocycles. The van der Waals surface area contributed by atoms with E-state index >= 15 is 0 Å². The third-order valence-electron chi connectivity index (χ3n) is 4.26. The van der Waals surface area contributed by atoms with E-state index in [0.717, 1.165) is 17.9 Å². The van der Waals surface area contributed by atoms with Crippen LogP contribution in [0, 0.1) is 0 Å². The van der Waals surface area contributed by atoms with Gasteiger partial charge in [-0.3, -0.25) is 4.79 Å². The number of benzene rings is 2. The molecule has 0 spiro atoms. The number of hydrogen-bond donors (Lipinski definition) is 1. The first kappa shape index (κ1) is 19.8. The van der Waals surface area contributed by atoms with Gasteiger partial charge in [0.15, 0.2) is 11.5 Å². The largest absolute Gasteiger partial charge is 0.490 e. The average Bonchev–Trinajstić information content (AvgIpc) is 2.68. The van der Waals surface area contributed by atoms with Crippen molar-refractivity contribution in [3.8, 4) is 11.5 Å². The van der Waals surface area contributed by atoms with Gasteiger partial charge in [-0.15, -0.1) is 0 Å². The molecule has 4 heteroatoms. The van der Waals surface area contributed by atoms with Gasteiger partial charge in [-0.25, -0.2) is 0 Å². The molecule has 0 aliphatic heterocycles. The summed E-state index contributed by atoms with van der Waals surface area (Å²) in [5.41, 5.74) is 1.27. The molecular formula is C22H29NO3. The summed E-state index contributed by atoms with van der Waals surface area (Å²) in [5.74, 6) is 1.90. The Hall–Kier alpha value is -2.49. The fourth-order valence-corrected chi connectivity index (χ4v) is 2.81. The normalized spacial score (nSPS) is 11.6. The second-order valence-corrected chi connectivity index (χ2v) is 6.15. The molecule has 26 heavy (non-hydrogen) atoms. The van der Waals surface area contributed by atoms with E-state index in [-0.39, 0.29) is 5.91 Å². The molecule has 140 valence electrons. The fraction of sp³-hybridized carbons (Fsp3) is 0.409. The number of carbonyl (C=O) groups is 1. The molecule has 0 aromatic heterocycles. The van der Waals surface area contributed by atoms with Gasteiger partial charge in [0.05, 0.1) is 13.2 Å². The van der Waals surface area contributed by atoms with Crippen LogP contribution in [0.25, 0.3) is 0 Å². The maximum Gasteiger partial charge on any atom is 0.220 e. The molecule has 1 amide bonds. The Morgan fingerprint density at radius 2 is 1.62 bits per heavy atom. The van der Waals surface area contributed by atoms with Crippen LogP contribution in [0.5, 0.6) is 11.5 Å². The SMILES string of the molecule is CCOc1ccccc1OCCCC(=O)NCC(CC)c1ccccc1. The third kappa shape index (κ3) is 6.43. The quantitative estimate of drug-likeness (QED) is 0.601. The molecule has 1 unspecified atom stereocenters. The van der Waals surface area contributed by atoms with Gasteiger partial charge in [0, 0.05) is 18.9 Å². The molecule has 2 rings (SSSR count). The molecule has 1 N–H and O–H groups in total. The Bertz CT molecular complexity index is 657. The van der Waals surface area contributed by atoms with Crippen LogP contribution in [-0.2, 0) is 4.79 Å². The van der Waals surface area contributed by atoms with E-state index in [0.29, 0.717) is 38.5 Å². The summed E-state index contributed by atoms with van der Waals surface area (Å²) in [6, 6.07) is 17.9. The zero-order valence-electron chi connectivity index (χ0n) is 15.7. The predicted octanol–water partition coefficient (Wildman–Crippen LogP) is 4.55. The highest BCUT2D eigenvalue weighted by Crippen LogP contribution is 2.26. The Morgan fingerprint density at radius 3 is 2.27 bits per heavy atom. The van der Waals surface area contributed by atoms with Crippen molar-refractivity contribution in [2.75, 3.05) is 19.8 Å². The minimum absolute atomic E-state index is 0.0704. The first-order valence-electron chi connectivity index (χ1n) is 9.40. The van der Waals surface area contributed by atoms with E-state index in [1.54, 1.807) is 0 Å². The topological polar surface area (TPSA) is 47.6 Å². The summed E-state index contributed by atoms with van der Waals surface area (Å²) in [6.07, 6.45) is 2.14. The molecule has 0 aliphatic rings. The number of hydrogen-bond acceptors (Lipinski definition) is 3. The van der Waals surface area contributed by atoms with E-state index in [1.165, 1.54) is 5.56 Å². The predicted molar refractivity (Wildman–Crippen MR) is 105 cm³/mol. The smallest absolute Gasteiger partial charge is 0.220 e. The number of ether oxygens (including phenoxy) is 2. The third-order valence-corrected chi connectivity index (χ3v) is 4.26. The summed E-state index contributed by atoms with van der Waals surface area (Å²) in [4.78, 5) is 12.1. The van der Waals surface area contributed by atoms with Crippen molar-refractivity contribution < 1.29 is 14.3 Å². The lowest BCUT2D eigenvalue weighted by Gasteiger charge is -2.16. The molecule has 0 aliphatic carbocycles. The van der Waals surface area contributed by atoms with Crippen LogP contribution in [0.4, 0.5) is 0 Å². The van der Waals surface area contributed by atoms with Gasteiger partial charge in [0.1, 0.15) is 0 Å². The molecule has 1 atom stereocenters. The van der Waals surface area contributed by atoms with E-state index in [2.05, 4.69) is 24.4 Å². The zero-order valence-corrected chi connectivity index (χ0v) is 15.7. The van der Waals surface area contributed by atoms with Crippen molar-refractivity contribution in [2.24, 2.45) is 0 Å². The highest BCUT2D eigenvalue weighted by atomic mass is 16.5. The summed E-state index contributed by atoms with van der Waals surface area (Å²) < 4.78 is 11.3. The molecule has 0 fully saturated rings. The summed E-state index contributed by atoms with van der Waals surface area (Å²) in [7, 11) is 0. The number of rotatable bonds is 11. The average molecular weight is 355 g/mol. The van der Waals surface area contributed by atoms with E-state index in [4.69, 9.17) is 9.47 Å². The Morgan fingerprint density at radius 1 is 0.962 bits per heavy atom. The summed E-state index contributed by atoms with van der Waals surface area (Å²) >= 11 is 0. The molecule has 2 aromatic rings. The summed E-state index contributed by atoms with van der Waals surface area (Å²) in [5, 5.41) is 3.04. The molecule has 0 saturated heterocycles. The minimum atomic E-state index is 0.0704. The first-order valence-corrected chi connectivity index (χ1v) is 9.40. The van der Waals surface area contributed by atoms with E-state index < -0.39 is 0 Å². The van der Waals surface area contributed by atoms with Crippen LogP contribution in [0.3, 0.4) is 0 Å². The van der Waals surface area contributed by atoms with Crippen molar-refractivity contribution in [1.29, 1.82) is 0 Å². The molecule has 0 bridgehead atoms. The van der Waals surface area contributed by atoms with Gasteiger partial charge in [-0.2, -0.15) is 0 Å². The molecular weight excluding hydrogens is 326 g/mol. The van der Waals surface area contributed by atoms with Crippen molar-refractivity contribution in [3.63, 3.8) is 0 Å². The fourth-order valence-electron chi connectivity index (χ4n) is 2.81. The molecule has 0 saturated carbocycles. The maximum absolute atomic E-state index is 12.1. The van der Waals surface area contributed by atoms with Crippen molar-refractivity contribution in [1.82, 2.24) is 5.32 Å². The van der Waals surface area contributed by atoms with Crippen LogP contribution < -0.4 is 14.8 Å². The summed E-state index contributed by atoms with van der Waals surface area (Å²) in [6.45, 7) is 5.86. The first-order chi connectivity index (χ1) is 12.7. The van der Waals surface area contributed by atoms with Gasteiger partial charge in [-0.05, 0) is 37.5 Å². The Balaban J connectivity index is 1.69. The molecule has 0 radical (unpaired) electrons. The van der Waals surface area contributed by atoms with Crippen LogP contribution in [0.2, 0.25) is 0 Å². The monoisotopic (exact) mass is 355 g/mol. The highest BCUT2D eigenvalue weighted by molar-refractivity contribution is 5.75. The lowest BCUT2D eigenvalue weighted by molar-refractivity contribution is -0.121. The highest BCUT2D eigenvalue weighted by Gasteiger charge is 2.11. The number of para-hydroxylation sites is 2. The van der Waals surface area contributed by atoms with Crippen LogP contribution >= 0.6 is 0 Å². The Kier molecular flexibility index (Phi) is 8.53. The second kappa shape index (κ2) is 11.2. The number of amides is 1. The van der Waals surface area contributed by atoms with Crippen molar-refractivity contribution >= 4 is 5.91 Å². The van der Waals surface area contributed by atoms with Crippen LogP contribution in [-0.4, -0.2) is 25.7 Å². The van der Waals surface area contributed by atoms with E-state index in [1.807, 2.05) is 49.4 Å². The van der Waals surface area contributed by atoms with Gasteiger partial charge in [0.25, 0.3) is 0 Å². The zero-order chi connectivity index (χ0) is 18.6. The van der Waals surface area contributed by atoms with Gasteiger partial charge in [0.2, 0.25) is 5.91 Å². The van der Waals surface area contributed by atoms with Gasteiger partial charge in [-0.1, -0.05) is 49.4 Å². The van der Waals surface area contributed by atoms with Crippen molar-refractivity contribution in [2.45, 2.75) is 39.0 Å².